The first kappa shape index (κ1) is 15.4. The Balaban J connectivity index is 2.00. The Morgan fingerprint density at radius 1 is 1.38 bits per heavy atom. The van der Waals surface area contributed by atoms with Gasteiger partial charge in [0.1, 0.15) is 0 Å². The SMILES string of the molecule is CCN(CC1CCC1)C(=O)Nc1ccc(C(=O)O)c(C)c1. The number of hydrogen-bond acceptors (Lipinski definition) is 2. The van der Waals surface area contributed by atoms with Crippen LogP contribution in [0.2, 0.25) is 0 Å². The van der Waals surface area contributed by atoms with Gasteiger partial charge in [0.2, 0.25) is 0 Å². The quantitative estimate of drug-likeness (QED) is 0.873. The fraction of sp³-hybridized carbons (Fsp3) is 0.500. The van der Waals surface area contributed by atoms with Crippen LogP contribution in [0.15, 0.2) is 18.2 Å². The van der Waals surface area contributed by atoms with E-state index in [1.807, 2.05) is 11.8 Å². The average Bonchev–Trinajstić information content (AvgIpc) is 2.37. The minimum Gasteiger partial charge on any atom is -0.478 e. The minimum absolute atomic E-state index is 0.119. The highest BCUT2D eigenvalue weighted by Crippen LogP contribution is 2.27. The zero-order valence-corrected chi connectivity index (χ0v) is 12.6. The standard InChI is InChI=1S/C16H22N2O3/c1-3-18(10-12-5-4-6-12)16(21)17-13-7-8-14(15(19)20)11(2)9-13/h7-9,12H,3-6,10H2,1-2H3,(H,17,21)(H,19,20). The lowest BCUT2D eigenvalue weighted by molar-refractivity contribution is 0.0696. The Hall–Kier alpha value is -2.04. The molecule has 0 saturated heterocycles. The van der Waals surface area contributed by atoms with Crippen LogP contribution in [-0.4, -0.2) is 35.1 Å². The van der Waals surface area contributed by atoms with Crippen molar-refractivity contribution < 1.29 is 14.7 Å². The summed E-state index contributed by atoms with van der Waals surface area (Å²) in [5, 5.41) is 11.8. The number of carboxylic acid groups (broad SMARTS) is 1. The van der Waals surface area contributed by atoms with Crippen molar-refractivity contribution in [2.45, 2.75) is 33.1 Å². The lowest BCUT2D eigenvalue weighted by Crippen LogP contribution is -2.39. The number of nitrogens with zero attached hydrogens (tertiary/aromatic N) is 1. The van der Waals surface area contributed by atoms with E-state index in [0.29, 0.717) is 23.7 Å². The molecule has 0 heterocycles. The summed E-state index contributed by atoms with van der Waals surface area (Å²) >= 11 is 0. The molecular formula is C16H22N2O3. The van der Waals surface area contributed by atoms with Gasteiger partial charge >= 0.3 is 12.0 Å². The summed E-state index contributed by atoms with van der Waals surface area (Å²) in [7, 11) is 0. The maximum Gasteiger partial charge on any atom is 0.335 e. The maximum absolute atomic E-state index is 12.2. The van der Waals surface area contributed by atoms with Crippen LogP contribution < -0.4 is 5.32 Å². The number of aromatic carboxylic acids is 1. The Labute approximate surface area is 125 Å². The van der Waals surface area contributed by atoms with Crippen LogP contribution in [0.4, 0.5) is 10.5 Å². The highest BCUT2D eigenvalue weighted by atomic mass is 16.4. The van der Waals surface area contributed by atoms with Crippen molar-refractivity contribution in [3.8, 4) is 0 Å². The second kappa shape index (κ2) is 6.61. The molecule has 5 heteroatoms. The number of carboxylic acids is 1. The van der Waals surface area contributed by atoms with Crippen LogP contribution in [0.1, 0.15) is 42.1 Å². The summed E-state index contributed by atoms with van der Waals surface area (Å²) in [5.74, 6) is -0.322. The van der Waals surface area contributed by atoms with E-state index in [-0.39, 0.29) is 11.6 Å². The first-order valence-corrected chi connectivity index (χ1v) is 7.41. The first-order chi connectivity index (χ1) is 10.0. The number of anilines is 1. The molecule has 0 aromatic heterocycles. The van der Waals surface area contributed by atoms with E-state index in [1.165, 1.54) is 25.3 Å². The summed E-state index contributed by atoms with van der Waals surface area (Å²) in [6.07, 6.45) is 3.67. The van der Waals surface area contributed by atoms with Gasteiger partial charge in [-0.15, -0.1) is 0 Å². The lowest BCUT2D eigenvalue weighted by atomic mass is 9.85. The molecule has 2 N–H and O–H groups in total. The van der Waals surface area contributed by atoms with Crippen molar-refractivity contribution in [3.63, 3.8) is 0 Å². The number of urea groups is 1. The minimum atomic E-state index is -0.953. The van der Waals surface area contributed by atoms with Gasteiger partial charge in [-0.1, -0.05) is 6.42 Å². The first-order valence-electron chi connectivity index (χ1n) is 7.41. The van der Waals surface area contributed by atoms with Gasteiger partial charge in [-0.2, -0.15) is 0 Å². The van der Waals surface area contributed by atoms with Gasteiger partial charge in [0.25, 0.3) is 0 Å². The summed E-state index contributed by atoms with van der Waals surface area (Å²) in [4.78, 5) is 25.0. The molecule has 0 aliphatic heterocycles. The van der Waals surface area contributed by atoms with Crippen LogP contribution >= 0.6 is 0 Å². The van der Waals surface area contributed by atoms with Crippen LogP contribution in [0.5, 0.6) is 0 Å². The predicted octanol–water partition coefficient (Wildman–Crippen LogP) is 3.35. The van der Waals surface area contributed by atoms with Crippen molar-refractivity contribution in [1.82, 2.24) is 4.90 Å². The van der Waals surface area contributed by atoms with Crippen LogP contribution in [0.3, 0.4) is 0 Å². The molecule has 1 aliphatic rings. The van der Waals surface area contributed by atoms with Crippen molar-refractivity contribution in [2.24, 2.45) is 5.92 Å². The van der Waals surface area contributed by atoms with E-state index in [0.717, 1.165) is 6.54 Å². The molecule has 0 unspecified atom stereocenters. The molecule has 21 heavy (non-hydrogen) atoms. The molecule has 2 rings (SSSR count). The number of nitrogens with one attached hydrogen (secondary N) is 1. The molecule has 1 fully saturated rings. The van der Waals surface area contributed by atoms with E-state index in [4.69, 9.17) is 5.11 Å². The fourth-order valence-electron chi connectivity index (χ4n) is 2.53. The largest absolute Gasteiger partial charge is 0.478 e. The van der Waals surface area contributed by atoms with Gasteiger partial charge in [0, 0.05) is 18.8 Å². The molecule has 0 radical (unpaired) electrons. The lowest BCUT2D eigenvalue weighted by Gasteiger charge is -2.31. The monoisotopic (exact) mass is 290 g/mol. The van der Waals surface area contributed by atoms with Gasteiger partial charge < -0.3 is 15.3 Å². The van der Waals surface area contributed by atoms with Crippen LogP contribution in [-0.2, 0) is 0 Å². The number of benzene rings is 1. The normalized spacial score (nSPS) is 14.4. The van der Waals surface area contributed by atoms with Gasteiger partial charge in [0.15, 0.2) is 0 Å². The van der Waals surface area contributed by atoms with Gasteiger partial charge in [-0.3, -0.25) is 0 Å². The Morgan fingerprint density at radius 2 is 2.10 bits per heavy atom. The van der Waals surface area contributed by atoms with E-state index < -0.39 is 5.97 Å². The van der Waals surface area contributed by atoms with Crippen molar-refractivity contribution in [1.29, 1.82) is 0 Å². The average molecular weight is 290 g/mol. The molecule has 0 bridgehead atoms. The second-order valence-electron chi connectivity index (χ2n) is 5.60. The topological polar surface area (TPSA) is 69.6 Å². The van der Waals surface area contributed by atoms with Crippen molar-refractivity contribution in [2.75, 3.05) is 18.4 Å². The number of carbonyl (C=O) groups excluding carboxylic acids is 1. The molecule has 0 spiro atoms. The Morgan fingerprint density at radius 3 is 2.57 bits per heavy atom. The molecular weight excluding hydrogens is 268 g/mol. The third kappa shape index (κ3) is 3.74. The molecule has 2 amide bonds. The second-order valence-corrected chi connectivity index (χ2v) is 5.60. The molecule has 1 saturated carbocycles. The number of aryl methyl sites for hydroxylation is 1. The van der Waals surface area contributed by atoms with Gasteiger partial charge in [-0.25, -0.2) is 9.59 Å². The van der Waals surface area contributed by atoms with E-state index in [9.17, 15) is 9.59 Å². The van der Waals surface area contributed by atoms with Crippen molar-refractivity contribution in [3.05, 3.63) is 29.3 Å². The molecule has 0 atom stereocenters. The van der Waals surface area contributed by atoms with Crippen molar-refractivity contribution >= 4 is 17.7 Å². The third-order valence-electron chi connectivity index (χ3n) is 4.08. The zero-order valence-electron chi connectivity index (χ0n) is 12.6. The highest BCUT2D eigenvalue weighted by molar-refractivity contribution is 5.92. The molecule has 114 valence electrons. The number of carbonyl (C=O) groups is 2. The summed E-state index contributed by atoms with van der Waals surface area (Å²) < 4.78 is 0. The Bertz CT molecular complexity index is 538. The molecule has 1 aliphatic carbocycles. The molecule has 5 nitrogen and oxygen atoms in total. The maximum atomic E-state index is 12.2. The highest BCUT2D eigenvalue weighted by Gasteiger charge is 2.22. The summed E-state index contributed by atoms with van der Waals surface area (Å²) in [5.41, 5.74) is 1.53. The zero-order chi connectivity index (χ0) is 15.4. The van der Waals surface area contributed by atoms with Gasteiger partial charge in [0.05, 0.1) is 5.56 Å². The fourth-order valence-corrected chi connectivity index (χ4v) is 2.53. The third-order valence-corrected chi connectivity index (χ3v) is 4.08. The van der Waals surface area contributed by atoms with Crippen LogP contribution in [0.25, 0.3) is 0 Å². The predicted molar refractivity (Wildman–Crippen MR) is 81.7 cm³/mol. The van der Waals surface area contributed by atoms with E-state index in [2.05, 4.69) is 5.32 Å². The number of rotatable bonds is 5. The van der Waals surface area contributed by atoms with Crippen LogP contribution in [0, 0.1) is 12.8 Å². The molecule has 1 aromatic carbocycles. The van der Waals surface area contributed by atoms with Gasteiger partial charge in [-0.05, 0) is 56.4 Å². The molecule has 1 aromatic rings. The number of hydrogen-bond donors (Lipinski definition) is 2. The smallest absolute Gasteiger partial charge is 0.335 e. The Kier molecular flexibility index (Phi) is 4.83. The summed E-state index contributed by atoms with van der Waals surface area (Å²) in [6.45, 7) is 5.17. The number of amides is 2. The van der Waals surface area contributed by atoms with E-state index in [1.54, 1.807) is 19.1 Å². The van der Waals surface area contributed by atoms with E-state index >= 15 is 0 Å². The summed E-state index contributed by atoms with van der Waals surface area (Å²) in [6, 6.07) is 4.73.